The van der Waals surface area contributed by atoms with Gasteiger partial charge in [0.2, 0.25) is 0 Å². The molecule has 4 atom stereocenters. The molecular weight excluding hydrogens is 474 g/mol. The van der Waals surface area contributed by atoms with Gasteiger partial charge in [-0.15, -0.1) is 0 Å². The van der Waals surface area contributed by atoms with Gasteiger partial charge in [-0.2, -0.15) is 4.90 Å². The van der Waals surface area contributed by atoms with E-state index in [1.807, 2.05) is 32.0 Å². The number of amides is 2. The van der Waals surface area contributed by atoms with E-state index in [1.54, 1.807) is 41.5 Å². The van der Waals surface area contributed by atoms with Crippen molar-refractivity contribution in [3.63, 3.8) is 0 Å². The Labute approximate surface area is 222 Å². The summed E-state index contributed by atoms with van der Waals surface area (Å²) in [5.74, 6) is -0.582. The number of hydrogen-bond acceptors (Lipinski definition) is 7. The Morgan fingerprint density at radius 3 is 2.05 bits per heavy atom. The fraction of sp³-hybridized carbons (Fsp3) is 0.690. The van der Waals surface area contributed by atoms with Gasteiger partial charge in [-0.1, -0.05) is 43.7 Å². The molecule has 1 aromatic carbocycles. The van der Waals surface area contributed by atoms with Crippen LogP contribution in [0, 0.1) is 5.92 Å². The maximum Gasteiger partial charge on any atom is 0.420 e. The molecular formula is C29H45NO7. The third-order valence-corrected chi connectivity index (χ3v) is 5.90. The normalized spacial score (nSPS) is 23.2. The fourth-order valence-electron chi connectivity index (χ4n) is 4.41. The molecule has 2 amide bonds. The van der Waals surface area contributed by atoms with Crippen molar-refractivity contribution in [3.8, 4) is 0 Å². The fourth-order valence-corrected chi connectivity index (χ4v) is 4.41. The molecule has 0 saturated carbocycles. The molecule has 0 aromatic heterocycles. The smallest absolute Gasteiger partial charge is 0.420 e. The van der Waals surface area contributed by atoms with Crippen LogP contribution in [0.25, 0.3) is 0 Å². The minimum absolute atomic E-state index is 0.0898. The van der Waals surface area contributed by atoms with E-state index < -0.39 is 41.5 Å². The zero-order valence-corrected chi connectivity index (χ0v) is 23.7. The molecule has 1 aliphatic heterocycles. The minimum atomic E-state index is -1.17. The van der Waals surface area contributed by atoms with E-state index >= 15 is 0 Å². The molecule has 2 rings (SSSR count). The highest BCUT2D eigenvalue weighted by atomic mass is 16.6. The summed E-state index contributed by atoms with van der Waals surface area (Å²) in [6.45, 7) is 14.6. The van der Waals surface area contributed by atoms with Crippen molar-refractivity contribution in [2.45, 2.75) is 117 Å². The van der Waals surface area contributed by atoms with Crippen molar-refractivity contribution in [1.82, 2.24) is 4.90 Å². The maximum atomic E-state index is 13.5. The number of carbonyl (C=O) groups is 3. The molecule has 0 radical (unpaired) electrons. The van der Waals surface area contributed by atoms with E-state index in [2.05, 4.69) is 12.1 Å². The molecule has 1 aromatic rings. The van der Waals surface area contributed by atoms with Crippen LogP contribution in [0.2, 0.25) is 0 Å². The first-order valence-electron chi connectivity index (χ1n) is 13.3. The van der Waals surface area contributed by atoms with Gasteiger partial charge in [0.05, 0.1) is 6.10 Å². The Balaban J connectivity index is 2.38. The van der Waals surface area contributed by atoms with E-state index in [0.717, 1.165) is 24.2 Å². The summed E-state index contributed by atoms with van der Waals surface area (Å²) in [5, 5.41) is 0. The van der Waals surface area contributed by atoms with Crippen molar-refractivity contribution in [3.05, 3.63) is 35.9 Å². The lowest BCUT2D eigenvalue weighted by Crippen LogP contribution is -2.53. The highest BCUT2D eigenvalue weighted by Gasteiger charge is 2.43. The van der Waals surface area contributed by atoms with Gasteiger partial charge < -0.3 is 18.9 Å². The van der Waals surface area contributed by atoms with Crippen LogP contribution in [0.4, 0.5) is 9.59 Å². The van der Waals surface area contributed by atoms with Crippen molar-refractivity contribution in [1.29, 1.82) is 0 Å². The van der Waals surface area contributed by atoms with Crippen LogP contribution in [0.1, 0.15) is 86.6 Å². The first-order chi connectivity index (χ1) is 17.2. The number of esters is 1. The van der Waals surface area contributed by atoms with Gasteiger partial charge in [0, 0.05) is 6.61 Å². The Morgan fingerprint density at radius 1 is 0.973 bits per heavy atom. The third kappa shape index (κ3) is 9.99. The van der Waals surface area contributed by atoms with E-state index in [1.165, 1.54) is 5.56 Å². The summed E-state index contributed by atoms with van der Waals surface area (Å²) in [6, 6.07) is 8.98. The van der Waals surface area contributed by atoms with Crippen LogP contribution >= 0.6 is 0 Å². The Morgan fingerprint density at radius 2 is 1.54 bits per heavy atom. The SMILES string of the molecule is CCCO[C@@H]1[C@@H](Cc2ccccc2)CCC[C@H](N(C(=O)OC(C)(C)C)C(=O)OC(C)(C)C)C(=O)O[C@H]1C. The molecule has 1 heterocycles. The molecule has 0 unspecified atom stereocenters. The molecule has 0 bridgehead atoms. The largest absolute Gasteiger partial charge is 0.458 e. The van der Waals surface area contributed by atoms with E-state index in [0.29, 0.717) is 13.0 Å². The molecule has 8 nitrogen and oxygen atoms in total. The third-order valence-electron chi connectivity index (χ3n) is 5.90. The van der Waals surface area contributed by atoms with Gasteiger partial charge in [0.25, 0.3) is 0 Å². The average molecular weight is 520 g/mol. The van der Waals surface area contributed by atoms with Crippen molar-refractivity contribution in [2.24, 2.45) is 5.92 Å². The number of nitrogens with zero attached hydrogens (tertiary/aromatic N) is 1. The van der Waals surface area contributed by atoms with Crippen LogP contribution in [-0.4, -0.2) is 59.1 Å². The summed E-state index contributed by atoms with van der Waals surface area (Å²) in [4.78, 5) is 40.6. The second-order valence-electron chi connectivity index (χ2n) is 11.7. The van der Waals surface area contributed by atoms with Crippen LogP contribution in [0.3, 0.4) is 0 Å². The summed E-state index contributed by atoms with van der Waals surface area (Å²) in [7, 11) is 0. The molecule has 1 fully saturated rings. The van der Waals surface area contributed by atoms with Gasteiger partial charge in [0.15, 0.2) is 0 Å². The molecule has 1 aliphatic rings. The predicted molar refractivity (Wildman–Crippen MR) is 141 cm³/mol. The zero-order valence-electron chi connectivity index (χ0n) is 23.7. The van der Waals surface area contributed by atoms with Gasteiger partial charge in [-0.05, 0) is 85.6 Å². The summed E-state index contributed by atoms with van der Waals surface area (Å²) in [5.41, 5.74) is -0.559. The first kappa shape index (κ1) is 30.6. The molecule has 8 heteroatoms. The van der Waals surface area contributed by atoms with Crippen LogP contribution in [-0.2, 0) is 30.2 Å². The lowest BCUT2D eigenvalue weighted by molar-refractivity contribution is -0.164. The van der Waals surface area contributed by atoms with E-state index in [9.17, 15) is 14.4 Å². The van der Waals surface area contributed by atoms with Crippen LogP contribution in [0.15, 0.2) is 30.3 Å². The number of hydrogen-bond donors (Lipinski definition) is 0. The molecule has 1 saturated heterocycles. The standard InChI is InChI=1S/C29H45NO7/c1-9-18-34-24-20(2)35-25(31)23(17-13-16-22(24)19-21-14-11-10-12-15-21)30(26(32)36-28(3,4)5)27(33)37-29(6,7)8/h10-12,14-15,20,22-24H,9,13,16-19H2,1-8H3/t20-,22+,23-,24-/m0/s1. The topological polar surface area (TPSA) is 91.4 Å². The van der Waals surface area contributed by atoms with Crippen molar-refractivity contribution in [2.75, 3.05) is 6.61 Å². The van der Waals surface area contributed by atoms with Gasteiger partial charge in [-0.25, -0.2) is 14.4 Å². The molecule has 0 spiro atoms. The van der Waals surface area contributed by atoms with Crippen molar-refractivity contribution >= 4 is 18.2 Å². The monoisotopic (exact) mass is 519 g/mol. The second kappa shape index (κ2) is 13.3. The predicted octanol–water partition coefficient (Wildman–Crippen LogP) is 6.30. The molecule has 0 aliphatic carbocycles. The van der Waals surface area contributed by atoms with Gasteiger partial charge in [-0.3, -0.25) is 0 Å². The molecule has 208 valence electrons. The van der Waals surface area contributed by atoms with Gasteiger partial charge >= 0.3 is 18.2 Å². The minimum Gasteiger partial charge on any atom is -0.458 e. The summed E-state index contributed by atoms with van der Waals surface area (Å²) >= 11 is 0. The second-order valence-corrected chi connectivity index (χ2v) is 11.7. The van der Waals surface area contributed by atoms with Crippen molar-refractivity contribution < 1.29 is 33.3 Å². The van der Waals surface area contributed by atoms with Gasteiger partial charge in [0.1, 0.15) is 23.3 Å². The lowest BCUT2D eigenvalue weighted by Gasteiger charge is -2.33. The Kier molecular flexibility index (Phi) is 11.0. The van der Waals surface area contributed by atoms with E-state index in [-0.39, 0.29) is 18.4 Å². The highest BCUT2D eigenvalue weighted by molar-refractivity contribution is 5.94. The lowest BCUT2D eigenvalue weighted by atomic mass is 9.86. The number of carbonyl (C=O) groups excluding carboxylic acids is 3. The van der Waals surface area contributed by atoms with E-state index in [4.69, 9.17) is 18.9 Å². The number of rotatable bonds is 6. The van der Waals surface area contributed by atoms with Crippen LogP contribution in [0.5, 0.6) is 0 Å². The number of imide groups is 1. The zero-order chi connectivity index (χ0) is 27.8. The number of ether oxygens (including phenoxy) is 4. The number of benzene rings is 1. The van der Waals surface area contributed by atoms with Crippen LogP contribution < -0.4 is 0 Å². The molecule has 37 heavy (non-hydrogen) atoms. The number of cyclic esters (lactones) is 1. The maximum absolute atomic E-state index is 13.5. The summed E-state index contributed by atoms with van der Waals surface area (Å²) < 4.78 is 23.1. The highest BCUT2D eigenvalue weighted by Crippen LogP contribution is 2.30. The quantitative estimate of drug-likeness (QED) is 0.322. The molecule has 0 N–H and O–H groups in total. The summed E-state index contributed by atoms with van der Waals surface area (Å²) in [6.07, 6.45) is 0.384. The first-order valence-corrected chi connectivity index (χ1v) is 13.3. The Hall–Kier alpha value is -2.61. The Bertz CT molecular complexity index is 860. The average Bonchev–Trinajstić information content (AvgIpc) is 2.80.